The zero-order valence-electron chi connectivity index (χ0n) is 13.9. The fourth-order valence-corrected chi connectivity index (χ4v) is 2.64. The lowest BCUT2D eigenvalue weighted by molar-refractivity contribution is 0.0526. The maximum Gasteiger partial charge on any atom is 0.338 e. The van der Waals surface area contributed by atoms with Crippen LogP contribution in [0.2, 0.25) is 0 Å². The van der Waals surface area contributed by atoms with Crippen molar-refractivity contribution in [2.24, 2.45) is 4.99 Å². The van der Waals surface area contributed by atoms with Crippen LogP contribution in [-0.4, -0.2) is 29.2 Å². The third-order valence-electron chi connectivity index (χ3n) is 3.85. The Kier molecular flexibility index (Phi) is 4.63. The fraction of sp³-hybridized carbons (Fsp3) is 0.100. The van der Waals surface area contributed by atoms with Crippen LogP contribution >= 0.6 is 0 Å². The van der Waals surface area contributed by atoms with Gasteiger partial charge in [0.25, 0.3) is 0 Å². The Morgan fingerprint density at radius 1 is 1.15 bits per heavy atom. The van der Waals surface area contributed by atoms with Crippen molar-refractivity contribution in [3.63, 3.8) is 0 Å². The van der Waals surface area contributed by atoms with E-state index >= 15 is 0 Å². The fourth-order valence-electron chi connectivity index (χ4n) is 2.64. The molecule has 0 amide bonds. The number of fused-ring (bicyclic) bond motifs is 1. The Morgan fingerprint density at radius 3 is 2.38 bits per heavy atom. The first-order valence-electron chi connectivity index (χ1n) is 7.90. The van der Waals surface area contributed by atoms with Crippen LogP contribution in [0, 0.1) is 11.3 Å². The highest BCUT2D eigenvalue weighted by Crippen LogP contribution is 2.32. The second-order valence-corrected chi connectivity index (χ2v) is 5.44. The van der Waals surface area contributed by atoms with E-state index in [1.165, 1.54) is 24.3 Å². The SMILES string of the molecule is CCOC(=O)c1ccc(N=C(C#N)C2=C(O)c3ccccc3C2=O)cc1. The molecule has 0 heterocycles. The number of ether oxygens (including phenoxy) is 1. The molecule has 0 aliphatic heterocycles. The van der Waals surface area contributed by atoms with Gasteiger partial charge in [0.1, 0.15) is 17.4 Å². The highest BCUT2D eigenvalue weighted by atomic mass is 16.5. The molecule has 0 saturated carbocycles. The second-order valence-electron chi connectivity index (χ2n) is 5.44. The lowest BCUT2D eigenvalue weighted by atomic mass is 10.1. The summed E-state index contributed by atoms with van der Waals surface area (Å²) in [6, 6.07) is 14.6. The van der Waals surface area contributed by atoms with Crippen molar-refractivity contribution in [2.45, 2.75) is 6.92 Å². The summed E-state index contributed by atoms with van der Waals surface area (Å²) in [6.45, 7) is 1.99. The molecule has 0 saturated heterocycles. The molecule has 0 bridgehead atoms. The van der Waals surface area contributed by atoms with Gasteiger partial charge in [-0.15, -0.1) is 0 Å². The molecule has 26 heavy (non-hydrogen) atoms. The normalized spacial score (nSPS) is 13.4. The maximum absolute atomic E-state index is 12.5. The van der Waals surface area contributed by atoms with Gasteiger partial charge < -0.3 is 9.84 Å². The van der Waals surface area contributed by atoms with E-state index < -0.39 is 11.8 Å². The third kappa shape index (κ3) is 2.98. The molecule has 6 nitrogen and oxygen atoms in total. The maximum atomic E-state index is 12.5. The number of hydrogen-bond acceptors (Lipinski definition) is 6. The number of rotatable bonds is 4. The zero-order valence-corrected chi connectivity index (χ0v) is 13.9. The molecule has 128 valence electrons. The number of esters is 1. The molecule has 1 aliphatic carbocycles. The first-order chi connectivity index (χ1) is 12.6. The van der Waals surface area contributed by atoms with Crippen LogP contribution in [0.3, 0.4) is 0 Å². The van der Waals surface area contributed by atoms with Crippen molar-refractivity contribution in [2.75, 3.05) is 6.61 Å². The quantitative estimate of drug-likeness (QED) is 0.673. The van der Waals surface area contributed by atoms with Crippen LogP contribution in [0.4, 0.5) is 5.69 Å². The number of benzene rings is 2. The average molecular weight is 346 g/mol. The monoisotopic (exact) mass is 346 g/mol. The minimum atomic E-state index is -0.453. The van der Waals surface area contributed by atoms with Gasteiger partial charge in [0.15, 0.2) is 11.5 Å². The predicted octanol–water partition coefficient (Wildman–Crippen LogP) is 3.62. The van der Waals surface area contributed by atoms with Gasteiger partial charge in [0.2, 0.25) is 0 Å². The van der Waals surface area contributed by atoms with E-state index in [4.69, 9.17) is 4.74 Å². The largest absolute Gasteiger partial charge is 0.506 e. The molecule has 3 rings (SSSR count). The van der Waals surface area contributed by atoms with E-state index in [1.54, 1.807) is 31.2 Å². The number of allylic oxidation sites excluding steroid dienone is 1. The van der Waals surface area contributed by atoms with Gasteiger partial charge in [-0.3, -0.25) is 4.79 Å². The molecule has 1 N–H and O–H groups in total. The Balaban J connectivity index is 1.95. The van der Waals surface area contributed by atoms with Gasteiger partial charge in [-0.2, -0.15) is 5.26 Å². The van der Waals surface area contributed by atoms with E-state index in [2.05, 4.69) is 4.99 Å². The van der Waals surface area contributed by atoms with Gasteiger partial charge in [0, 0.05) is 11.1 Å². The van der Waals surface area contributed by atoms with Gasteiger partial charge >= 0.3 is 5.97 Å². The van der Waals surface area contributed by atoms with Gasteiger partial charge in [-0.05, 0) is 31.2 Å². The Labute approximate surface area is 149 Å². The van der Waals surface area contributed by atoms with Crippen LogP contribution in [0.5, 0.6) is 0 Å². The van der Waals surface area contributed by atoms with E-state index in [1.807, 2.05) is 6.07 Å². The van der Waals surface area contributed by atoms with Gasteiger partial charge in [-0.25, -0.2) is 9.79 Å². The standard InChI is InChI=1S/C20H14N2O4/c1-2-26-20(25)12-7-9-13(10-8-12)22-16(11-21)17-18(23)14-5-3-4-6-15(14)19(17)24/h3-10,23H,2H2,1H3. The number of hydrogen-bond donors (Lipinski definition) is 1. The molecule has 0 spiro atoms. The van der Waals surface area contributed by atoms with Crippen molar-refractivity contribution in [1.29, 1.82) is 5.26 Å². The summed E-state index contributed by atoms with van der Waals surface area (Å²) in [5, 5.41) is 19.8. The summed E-state index contributed by atoms with van der Waals surface area (Å²) in [7, 11) is 0. The second kappa shape index (κ2) is 7.03. The lowest BCUT2D eigenvalue weighted by Gasteiger charge is -2.03. The van der Waals surface area contributed by atoms with Crippen molar-refractivity contribution >= 4 is 28.9 Å². The minimum absolute atomic E-state index is 0.122. The number of Topliss-reactive ketones (excluding diaryl/α,β-unsaturated/α-hetero) is 1. The highest BCUT2D eigenvalue weighted by molar-refractivity contribution is 6.39. The van der Waals surface area contributed by atoms with Crippen LogP contribution in [0.15, 0.2) is 59.1 Å². The molecule has 0 unspecified atom stereocenters. The predicted molar refractivity (Wildman–Crippen MR) is 95.4 cm³/mol. The topological polar surface area (TPSA) is 99.8 Å². The summed E-state index contributed by atoms with van der Waals surface area (Å²) in [5.74, 6) is -1.15. The van der Waals surface area contributed by atoms with Crippen LogP contribution in [-0.2, 0) is 4.74 Å². The summed E-state index contributed by atoms with van der Waals surface area (Å²) < 4.78 is 4.90. The van der Waals surface area contributed by atoms with Crippen molar-refractivity contribution < 1.29 is 19.4 Å². The van der Waals surface area contributed by atoms with Gasteiger partial charge in [0.05, 0.1) is 17.9 Å². The molecule has 0 fully saturated rings. The molecule has 2 aromatic rings. The Hall–Kier alpha value is -3.72. The number of carbonyl (C=O) groups is 2. The number of nitrogens with zero attached hydrogens (tertiary/aromatic N) is 2. The van der Waals surface area contributed by atoms with Gasteiger partial charge in [-0.1, -0.05) is 24.3 Å². The highest BCUT2D eigenvalue weighted by Gasteiger charge is 2.32. The zero-order chi connectivity index (χ0) is 18.7. The molecule has 0 atom stereocenters. The Bertz CT molecular complexity index is 995. The molecular weight excluding hydrogens is 332 g/mol. The molecule has 0 radical (unpaired) electrons. The first-order valence-corrected chi connectivity index (χ1v) is 7.90. The number of nitriles is 1. The summed E-state index contributed by atoms with van der Waals surface area (Å²) in [4.78, 5) is 28.3. The molecule has 6 heteroatoms. The molecular formula is C20H14N2O4. The lowest BCUT2D eigenvalue weighted by Crippen LogP contribution is -2.09. The van der Waals surface area contributed by atoms with Crippen LogP contribution < -0.4 is 0 Å². The number of aliphatic hydroxyl groups is 1. The Morgan fingerprint density at radius 2 is 1.81 bits per heavy atom. The molecule has 1 aliphatic rings. The number of carbonyl (C=O) groups excluding carboxylic acids is 2. The van der Waals surface area contributed by atoms with Crippen LogP contribution in [0.1, 0.15) is 33.2 Å². The smallest absolute Gasteiger partial charge is 0.338 e. The summed E-state index contributed by atoms with van der Waals surface area (Å²) in [5.41, 5.74) is 1.14. The number of aliphatic hydroxyl groups excluding tert-OH is 1. The van der Waals surface area contributed by atoms with Crippen LogP contribution in [0.25, 0.3) is 5.76 Å². The van der Waals surface area contributed by atoms with Crippen molar-refractivity contribution in [3.8, 4) is 6.07 Å². The molecule has 2 aromatic carbocycles. The minimum Gasteiger partial charge on any atom is -0.506 e. The van der Waals surface area contributed by atoms with E-state index in [0.717, 1.165) is 0 Å². The van der Waals surface area contributed by atoms with E-state index in [9.17, 15) is 20.0 Å². The average Bonchev–Trinajstić information content (AvgIpc) is 2.92. The number of aliphatic imine (C=N–C) groups is 1. The summed E-state index contributed by atoms with van der Waals surface area (Å²) in [6.07, 6.45) is 0. The van der Waals surface area contributed by atoms with E-state index in [0.29, 0.717) is 22.4 Å². The van der Waals surface area contributed by atoms with Crippen molar-refractivity contribution in [1.82, 2.24) is 0 Å². The first kappa shape index (κ1) is 17.1. The number of ketones is 1. The van der Waals surface area contributed by atoms with E-state index in [-0.39, 0.29) is 23.7 Å². The summed E-state index contributed by atoms with van der Waals surface area (Å²) >= 11 is 0. The third-order valence-corrected chi connectivity index (χ3v) is 3.85. The van der Waals surface area contributed by atoms with Crippen molar-refractivity contribution in [3.05, 3.63) is 70.8 Å². The molecule has 0 aromatic heterocycles.